The van der Waals surface area contributed by atoms with Gasteiger partial charge in [-0.3, -0.25) is 0 Å². The smallest absolute Gasteiger partial charge is 0.213 e. The van der Waals surface area contributed by atoms with Gasteiger partial charge in [0.05, 0.1) is 11.8 Å². The van der Waals surface area contributed by atoms with E-state index in [1.165, 1.54) is 5.56 Å². The van der Waals surface area contributed by atoms with E-state index in [-0.39, 0.29) is 12.3 Å². The molecule has 0 spiro atoms. The zero-order chi connectivity index (χ0) is 18.4. The highest BCUT2D eigenvalue weighted by atomic mass is 35.5. The number of benzene rings is 3. The number of nitrogens with zero attached hydrogens (tertiary/aromatic N) is 2. The maximum absolute atomic E-state index is 6.35. The molecule has 3 aromatic rings. The third-order valence-corrected chi connectivity index (χ3v) is 5.46. The second kappa shape index (κ2) is 6.43. The van der Waals surface area contributed by atoms with Crippen LogP contribution in [0.2, 0.25) is 5.02 Å². The summed E-state index contributed by atoms with van der Waals surface area (Å²) in [7, 11) is 0. The van der Waals surface area contributed by atoms with E-state index in [1.54, 1.807) is 0 Å². The molecule has 0 amide bonds. The molecule has 5 rings (SSSR count). The molecular weight excluding hydrogens is 356 g/mol. The van der Waals surface area contributed by atoms with Gasteiger partial charge in [0, 0.05) is 22.6 Å². The lowest BCUT2D eigenvalue weighted by Crippen LogP contribution is -2.33. The minimum Gasteiger partial charge on any atom is -0.464 e. The Morgan fingerprint density at radius 2 is 1.78 bits per heavy atom. The van der Waals surface area contributed by atoms with E-state index < -0.39 is 0 Å². The van der Waals surface area contributed by atoms with Crippen molar-refractivity contribution in [2.75, 3.05) is 0 Å². The Kier molecular flexibility index (Phi) is 3.91. The van der Waals surface area contributed by atoms with Crippen LogP contribution in [0.1, 0.15) is 40.9 Å². The van der Waals surface area contributed by atoms with Crippen LogP contribution in [0.3, 0.4) is 0 Å². The van der Waals surface area contributed by atoms with E-state index in [2.05, 4.69) is 48.3 Å². The fourth-order valence-corrected chi connectivity index (χ4v) is 4.00. The van der Waals surface area contributed by atoms with Gasteiger partial charge in [-0.25, -0.2) is 5.01 Å². The van der Waals surface area contributed by atoms with Crippen molar-refractivity contribution in [3.8, 4) is 5.75 Å². The van der Waals surface area contributed by atoms with Crippen LogP contribution in [-0.4, -0.2) is 10.7 Å². The van der Waals surface area contributed by atoms with Gasteiger partial charge in [0.25, 0.3) is 0 Å². The number of hydrazone groups is 1. The summed E-state index contributed by atoms with van der Waals surface area (Å²) in [6.45, 7) is 2.10. The number of rotatable bonds is 2. The number of fused-ring (bicyclic) bond motifs is 3. The van der Waals surface area contributed by atoms with Crippen molar-refractivity contribution in [2.45, 2.75) is 25.6 Å². The molecule has 2 heterocycles. The number of aryl methyl sites for hydroxylation is 1. The van der Waals surface area contributed by atoms with Crippen LogP contribution in [0.15, 0.2) is 77.9 Å². The fraction of sp³-hybridized carbons (Fsp3) is 0.174. The minimum atomic E-state index is -0.243. The summed E-state index contributed by atoms with van der Waals surface area (Å²) < 4.78 is 6.35. The zero-order valence-electron chi connectivity index (χ0n) is 15.0. The van der Waals surface area contributed by atoms with Crippen molar-refractivity contribution < 1.29 is 4.74 Å². The monoisotopic (exact) mass is 374 g/mol. The van der Waals surface area contributed by atoms with Crippen LogP contribution in [0.4, 0.5) is 0 Å². The largest absolute Gasteiger partial charge is 0.464 e. The van der Waals surface area contributed by atoms with E-state index in [4.69, 9.17) is 21.4 Å². The van der Waals surface area contributed by atoms with Crippen molar-refractivity contribution in [3.63, 3.8) is 0 Å². The summed E-state index contributed by atoms with van der Waals surface area (Å²) in [6.07, 6.45) is 0.594. The molecule has 2 aliphatic heterocycles. The van der Waals surface area contributed by atoms with Crippen LogP contribution < -0.4 is 4.74 Å². The molecule has 0 N–H and O–H groups in total. The molecule has 2 atom stereocenters. The molecule has 3 nitrogen and oxygen atoms in total. The Morgan fingerprint density at radius 1 is 1.00 bits per heavy atom. The second-order valence-corrected chi connectivity index (χ2v) is 7.51. The number of ether oxygens (including phenoxy) is 1. The van der Waals surface area contributed by atoms with Crippen molar-refractivity contribution in [1.29, 1.82) is 0 Å². The maximum Gasteiger partial charge on any atom is 0.213 e. The molecule has 4 heteroatoms. The van der Waals surface area contributed by atoms with E-state index in [9.17, 15) is 0 Å². The molecule has 27 heavy (non-hydrogen) atoms. The second-order valence-electron chi connectivity index (χ2n) is 7.08. The Morgan fingerprint density at radius 3 is 2.56 bits per heavy atom. The molecular formula is C23H19ClN2O. The van der Waals surface area contributed by atoms with Gasteiger partial charge in [0.15, 0.2) is 0 Å². The number of hydrogen-bond acceptors (Lipinski definition) is 3. The maximum atomic E-state index is 6.35. The van der Waals surface area contributed by atoms with Crippen molar-refractivity contribution in [3.05, 3.63) is 100 Å². The van der Waals surface area contributed by atoms with E-state index in [0.29, 0.717) is 0 Å². The van der Waals surface area contributed by atoms with E-state index in [0.717, 1.165) is 39.6 Å². The standard InChI is InChI=1S/C23H19ClN2O/c1-15-7-9-16(10-8-15)20-14-21-19-13-18(24)11-12-22(19)27-23(26(21)25-20)17-5-3-2-4-6-17/h2-13,21,23H,14H2,1H3. The summed E-state index contributed by atoms with van der Waals surface area (Å²) in [4.78, 5) is 0. The lowest BCUT2D eigenvalue weighted by Gasteiger charge is -2.38. The summed E-state index contributed by atoms with van der Waals surface area (Å²) in [6, 6.07) is 24.8. The highest BCUT2D eigenvalue weighted by Crippen LogP contribution is 2.48. The van der Waals surface area contributed by atoms with Crippen molar-refractivity contribution in [1.82, 2.24) is 5.01 Å². The predicted octanol–water partition coefficient (Wildman–Crippen LogP) is 5.89. The first-order chi connectivity index (χ1) is 13.2. The van der Waals surface area contributed by atoms with Gasteiger partial charge in [-0.05, 0) is 30.7 Å². The van der Waals surface area contributed by atoms with E-state index in [1.807, 2.05) is 36.4 Å². The van der Waals surface area contributed by atoms with Crippen LogP contribution in [0, 0.1) is 6.92 Å². The summed E-state index contributed by atoms with van der Waals surface area (Å²) in [5.41, 5.74) is 5.68. The van der Waals surface area contributed by atoms with Gasteiger partial charge in [0.1, 0.15) is 5.75 Å². The predicted molar refractivity (Wildman–Crippen MR) is 108 cm³/mol. The van der Waals surface area contributed by atoms with Gasteiger partial charge in [-0.1, -0.05) is 71.8 Å². The normalized spacial score (nSPS) is 20.5. The zero-order valence-corrected chi connectivity index (χ0v) is 15.7. The molecule has 0 fully saturated rings. The van der Waals surface area contributed by atoms with Crippen LogP contribution in [0.25, 0.3) is 0 Å². The molecule has 2 unspecified atom stereocenters. The first-order valence-electron chi connectivity index (χ1n) is 9.13. The first kappa shape index (κ1) is 16.4. The van der Waals surface area contributed by atoms with Crippen LogP contribution in [0.5, 0.6) is 5.75 Å². The summed E-state index contributed by atoms with van der Waals surface area (Å²) >= 11 is 6.28. The molecule has 0 saturated carbocycles. The Hall–Kier alpha value is -2.78. The van der Waals surface area contributed by atoms with E-state index >= 15 is 0 Å². The molecule has 0 bridgehead atoms. The molecule has 0 radical (unpaired) electrons. The highest BCUT2D eigenvalue weighted by Gasteiger charge is 2.40. The lowest BCUT2D eigenvalue weighted by atomic mass is 9.95. The van der Waals surface area contributed by atoms with Crippen molar-refractivity contribution >= 4 is 17.3 Å². The first-order valence-corrected chi connectivity index (χ1v) is 9.51. The average Bonchev–Trinajstić information content (AvgIpc) is 3.14. The third kappa shape index (κ3) is 2.88. The fourth-order valence-electron chi connectivity index (χ4n) is 3.82. The number of halogens is 1. The van der Waals surface area contributed by atoms with Crippen molar-refractivity contribution in [2.24, 2.45) is 5.10 Å². The third-order valence-electron chi connectivity index (χ3n) is 5.22. The SMILES string of the molecule is Cc1ccc(C2=NN3C(C2)c2cc(Cl)ccc2OC3c2ccccc2)cc1. The Bertz CT molecular complexity index is 1010. The molecule has 134 valence electrons. The van der Waals surface area contributed by atoms with Gasteiger partial charge >= 0.3 is 0 Å². The van der Waals surface area contributed by atoms with Gasteiger partial charge in [0.2, 0.25) is 6.23 Å². The summed E-state index contributed by atoms with van der Waals surface area (Å²) in [5.74, 6) is 0.884. The van der Waals surface area contributed by atoms with Gasteiger partial charge in [-0.15, -0.1) is 0 Å². The molecule has 0 saturated heterocycles. The topological polar surface area (TPSA) is 24.8 Å². The Labute approximate surface area is 163 Å². The lowest BCUT2D eigenvalue weighted by molar-refractivity contribution is -0.0190. The Balaban J connectivity index is 1.60. The highest BCUT2D eigenvalue weighted by molar-refractivity contribution is 6.30. The molecule has 2 aliphatic rings. The molecule has 3 aromatic carbocycles. The van der Waals surface area contributed by atoms with Crippen LogP contribution in [-0.2, 0) is 0 Å². The summed E-state index contributed by atoms with van der Waals surface area (Å²) in [5, 5.41) is 7.79. The molecule has 0 aromatic heterocycles. The van der Waals surface area contributed by atoms with Gasteiger partial charge < -0.3 is 4.74 Å². The number of hydrogen-bond donors (Lipinski definition) is 0. The minimum absolute atomic E-state index is 0.119. The average molecular weight is 375 g/mol. The van der Waals surface area contributed by atoms with Gasteiger partial charge in [-0.2, -0.15) is 5.10 Å². The van der Waals surface area contributed by atoms with Crippen LogP contribution >= 0.6 is 11.6 Å². The molecule has 0 aliphatic carbocycles. The quantitative estimate of drug-likeness (QED) is 0.558.